The number of hydrogen-bond donors (Lipinski definition) is 0. The molecule has 7 nitrogen and oxygen atoms in total. The number of ether oxygens (including phenoxy) is 1. The molecule has 1 fully saturated rings. The van der Waals surface area contributed by atoms with Crippen LogP contribution in [0.2, 0.25) is 0 Å². The molecule has 0 saturated carbocycles. The molecule has 0 atom stereocenters. The van der Waals surface area contributed by atoms with Crippen molar-refractivity contribution in [2.45, 2.75) is 33.2 Å². The van der Waals surface area contributed by atoms with Crippen molar-refractivity contribution in [2.75, 3.05) is 13.7 Å². The second kappa shape index (κ2) is 5.40. The van der Waals surface area contributed by atoms with Crippen molar-refractivity contribution >= 4 is 17.9 Å². The molecule has 0 unspecified atom stereocenters. The highest BCUT2D eigenvalue weighted by molar-refractivity contribution is 6.18. The summed E-state index contributed by atoms with van der Waals surface area (Å²) in [6.07, 6.45) is 0.507. The summed E-state index contributed by atoms with van der Waals surface area (Å²) in [6, 6.07) is 0. The Kier molecular flexibility index (Phi) is 4.31. The number of rotatable bonds is 2. The number of hydroxylamine groups is 2. The van der Waals surface area contributed by atoms with Crippen LogP contribution in [0.3, 0.4) is 0 Å². The number of carbonyl (C=O) groups excluding carboxylic acids is 3. The van der Waals surface area contributed by atoms with Crippen LogP contribution < -0.4 is 0 Å². The minimum atomic E-state index is -1.18. The largest absolute Gasteiger partial charge is 0.449 e. The lowest BCUT2D eigenvalue weighted by Crippen LogP contribution is -2.64. The van der Waals surface area contributed by atoms with E-state index in [4.69, 9.17) is 9.57 Å². The lowest BCUT2D eigenvalue weighted by atomic mass is 9.98. The van der Waals surface area contributed by atoms with Gasteiger partial charge in [-0.05, 0) is 27.7 Å². The molecule has 0 spiro atoms. The first-order chi connectivity index (χ1) is 8.82. The number of imide groups is 3. The quantitative estimate of drug-likeness (QED) is 0.551. The van der Waals surface area contributed by atoms with E-state index in [1.165, 1.54) is 18.2 Å². The van der Waals surface area contributed by atoms with Gasteiger partial charge in [0.1, 0.15) is 11.2 Å². The Morgan fingerprint density at radius 3 is 2.37 bits per heavy atom. The number of carbonyl (C=O) groups is 3. The molecular formula is C12H18N2O5. The van der Waals surface area contributed by atoms with Crippen LogP contribution in [0.1, 0.15) is 27.7 Å². The SMILES string of the molecule is C/C=C1/C(=O)N(C(=O)OCC)C(=O)C(C)(C)N1OC. The van der Waals surface area contributed by atoms with Crippen LogP contribution in [0, 0.1) is 0 Å². The first-order valence-electron chi connectivity index (χ1n) is 5.89. The standard InChI is InChI=1S/C12H18N2O5/c1-6-8-9(15)13(11(17)19-7-2)10(16)12(3,4)14(8)18-5/h6H,7H2,1-5H3/b8-6-. The Balaban J connectivity index is 3.27. The second-order valence-corrected chi connectivity index (χ2v) is 4.35. The van der Waals surface area contributed by atoms with Gasteiger partial charge < -0.3 is 4.74 Å². The lowest BCUT2D eigenvalue weighted by molar-refractivity contribution is -0.198. The molecule has 1 aliphatic rings. The first kappa shape index (κ1) is 15.2. The van der Waals surface area contributed by atoms with Gasteiger partial charge in [-0.25, -0.2) is 9.86 Å². The third kappa shape index (κ3) is 2.33. The summed E-state index contributed by atoms with van der Waals surface area (Å²) in [5.74, 6) is -1.45. The molecule has 0 bridgehead atoms. The van der Waals surface area contributed by atoms with Crippen molar-refractivity contribution in [2.24, 2.45) is 0 Å². The van der Waals surface area contributed by atoms with E-state index in [1.54, 1.807) is 27.7 Å². The molecule has 0 aromatic heterocycles. The summed E-state index contributed by atoms with van der Waals surface area (Å²) in [4.78, 5) is 41.7. The number of amides is 3. The summed E-state index contributed by atoms with van der Waals surface area (Å²) in [6.45, 7) is 6.41. The van der Waals surface area contributed by atoms with Crippen LogP contribution in [0.15, 0.2) is 11.8 Å². The summed E-state index contributed by atoms with van der Waals surface area (Å²) in [5, 5.41) is 1.19. The molecule has 0 aromatic rings. The number of allylic oxidation sites excluding steroid dienone is 1. The van der Waals surface area contributed by atoms with Crippen LogP contribution in [0.4, 0.5) is 4.79 Å². The highest BCUT2D eigenvalue weighted by Crippen LogP contribution is 2.30. The molecule has 0 aromatic carbocycles. The molecule has 0 radical (unpaired) electrons. The van der Waals surface area contributed by atoms with Crippen molar-refractivity contribution < 1.29 is 24.0 Å². The van der Waals surface area contributed by atoms with Crippen LogP contribution in [-0.2, 0) is 19.2 Å². The molecule has 1 rings (SSSR count). The third-order valence-corrected chi connectivity index (χ3v) is 2.78. The zero-order valence-electron chi connectivity index (χ0n) is 11.7. The van der Waals surface area contributed by atoms with Gasteiger partial charge in [0.15, 0.2) is 0 Å². The van der Waals surface area contributed by atoms with Gasteiger partial charge in [-0.3, -0.25) is 14.4 Å². The minimum Gasteiger partial charge on any atom is -0.449 e. The van der Waals surface area contributed by atoms with Crippen LogP contribution in [-0.4, -0.2) is 47.1 Å². The average molecular weight is 270 g/mol. The predicted octanol–water partition coefficient (Wildman–Crippen LogP) is 1.06. The third-order valence-electron chi connectivity index (χ3n) is 2.78. The van der Waals surface area contributed by atoms with Crippen molar-refractivity contribution in [1.82, 2.24) is 9.96 Å². The number of nitrogens with zero attached hydrogens (tertiary/aromatic N) is 2. The van der Waals surface area contributed by atoms with E-state index in [1.807, 2.05) is 0 Å². The lowest BCUT2D eigenvalue weighted by Gasteiger charge is -2.43. The van der Waals surface area contributed by atoms with Crippen LogP contribution >= 0.6 is 0 Å². The van der Waals surface area contributed by atoms with Gasteiger partial charge in [0.05, 0.1) is 13.7 Å². The monoisotopic (exact) mass is 270 g/mol. The summed E-state index contributed by atoms with van der Waals surface area (Å²) < 4.78 is 4.74. The van der Waals surface area contributed by atoms with E-state index in [0.717, 1.165) is 0 Å². The van der Waals surface area contributed by atoms with Gasteiger partial charge in [0.25, 0.3) is 11.8 Å². The van der Waals surface area contributed by atoms with E-state index in [-0.39, 0.29) is 12.3 Å². The molecule has 0 aliphatic carbocycles. The maximum Gasteiger partial charge on any atom is 0.423 e. The van der Waals surface area contributed by atoms with Crippen molar-refractivity contribution in [1.29, 1.82) is 0 Å². The second-order valence-electron chi connectivity index (χ2n) is 4.35. The van der Waals surface area contributed by atoms with E-state index >= 15 is 0 Å². The van der Waals surface area contributed by atoms with E-state index in [2.05, 4.69) is 0 Å². The van der Waals surface area contributed by atoms with Gasteiger partial charge in [-0.2, -0.15) is 4.90 Å². The predicted molar refractivity (Wildman–Crippen MR) is 65.6 cm³/mol. The molecule has 1 saturated heterocycles. The minimum absolute atomic E-state index is 0.0789. The fourth-order valence-electron chi connectivity index (χ4n) is 1.88. The Hall–Kier alpha value is -1.89. The Morgan fingerprint density at radius 2 is 1.95 bits per heavy atom. The van der Waals surface area contributed by atoms with E-state index in [9.17, 15) is 14.4 Å². The van der Waals surface area contributed by atoms with E-state index in [0.29, 0.717) is 4.90 Å². The smallest absolute Gasteiger partial charge is 0.423 e. The van der Waals surface area contributed by atoms with Gasteiger partial charge in [0.2, 0.25) is 0 Å². The molecule has 1 heterocycles. The van der Waals surface area contributed by atoms with Gasteiger partial charge in [-0.15, -0.1) is 0 Å². The normalized spacial score (nSPS) is 21.0. The Morgan fingerprint density at radius 1 is 1.37 bits per heavy atom. The van der Waals surface area contributed by atoms with Crippen molar-refractivity contribution in [3.8, 4) is 0 Å². The first-order valence-corrected chi connectivity index (χ1v) is 5.89. The van der Waals surface area contributed by atoms with Gasteiger partial charge in [-0.1, -0.05) is 6.08 Å². The number of piperazine rings is 1. The fourth-order valence-corrected chi connectivity index (χ4v) is 1.88. The topological polar surface area (TPSA) is 76.2 Å². The highest BCUT2D eigenvalue weighted by Gasteiger charge is 2.52. The maximum atomic E-state index is 12.3. The fraction of sp³-hybridized carbons (Fsp3) is 0.583. The van der Waals surface area contributed by atoms with Gasteiger partial charge in [0, 0.05) is 0 Å². The maximum absolute atomic E-state index is 12.3. The summed E-state index contributed by atoms with van der Waals surface area (Å²) >= 11 is 0. The Bertz CT molecular complexity index is 441. The van der Waals surface area contributed by atoms with Gasteiger partial charge >= 0.3 is 6.09 Å². The van der Waals surface area contributed by atoms with Crippen molar-refractivity contribution in [3.63, 3.8) is 0 Å². The molecule has 0 N–H and O–H groups in total. The van der Waals surface area contributed by atoms with Crippen LogP contribution in [0.25, 0.3) is 0 Å². The summed E-state index contributed by atoms with van der Waals surface area (Å²) in [5.41, 5.74) is -1.07. The van der Waals surface area contributed by atoms with E-state index < -0.39 is 23.4 Å². The van der Waals surface area contributed by atoms with Crippen LogP contribution in [0.5, 0.6) is 0 Å². The molecule has 3 amide bonds. The summed E-state index contributed by atoms with van der Waals surface area (Å²) in [7, 11) is 1.35. The molecule has 1 aliphatic heterocycles. The average Bonchev–Trinajstić information content (AvgIpc) is 2.34. The van der Waals surface area contributed by atoms with Crippen molar-refractivity contribution in [3.05, 3.63) is 11.8 Å². The Labute approximate surface area is 111 Å². The molecule has 106 valence electrons. The zero-order chi connectivity index (χ0) is 14.8. The molecular weight excluding hydrogens is 252 g/mol. The molecule has 7 heteroatoms. The highest BCUT2D eigenvalue weighted by atomic mass is 16.7. The zero-order valence-corrected chi connectivity index (χ0v) is 11.7. The number of hydrogen-bond acceptors (Lipinski definition) is 6. The molecule has 19 heavy (non-hydrogen) atoms.